The molecule has 94 valence electrons. The minimum Gasteiger partial charge on any atom is -0.383 e. The molecule has 1 aliphatic heterocycles. The van der Waals surface area contributed by atoms with E-state index in [0.29, 0.717) is 5.41 Å². The van der Waals surface area contributed by atoms with Crippen LogP contribution >= 0.6 is 0 Å². The molecule has 2 fully saturated rings. The standard InChI is InChI=1S/C13H25NO2/c1-12(2)10-13(4-6-16-12)8-11(13)9-14-5-7-15-3/h11,14H,4-10H2,1-3H3. The molecule has 0 radical (unpaired) electrons. The van der Waals surface area contributed by atoms with Crippen LogP contribution in [0.2, 0.25) is 0 Å². The first kappa shape index (κ1) is 12.3. The van der Waals surface area contributed by atoms with Gasteiger partial charge in [0.1, 0.15) is 0 Å². The Morgan fingerprint density at radius 3 is 2.94 bits per heavy atom. The maximum atomic E-state index is 5.79. The van der Waals surface area contributed by atoms with Gasteiger partial charge in [-0.05, 0) is 51.0 Å². The first-order valence-electron chi connectivity index (χ1n) is 6.42. The third kappa shape index (κ3) is 2.76. The Kier molecular flexibility index (Phi) is 3.57. The van der Waals surface area contributed by atoms with E-state index in [1.54, 1.807) is 7.11 Å². The molecule has 0 amide bonds. The SMILES string of the molecule is COCCNCC1CC12CCOC(C)(C)C2. The van der Waals surface area contributed by atoms with E-state index in [1.165, 1.54) is 19.3 Å². The summed E-state index contributed by atoms with van der Waals surface area (Å²) in [5.41, 5.74) is 0.696. The highest BCUT2D eigenvalue weighted by Crippen LogP contribution is 2.61. The molecule has 1 saturated carbocycles. The second-order valence-electron chi connectivity index (χ2n) is 6.00. The summed E-state index contributed by atoms with van der Waals surface area (Å²) in [6.07, 6.45) is 3.88. The van der Waals surface area contributed by atoms with Crippen LogP contribution in [0.4, 0.5) is 0 Å². The molecule has 1 spiro atoms. The lowest BCUT2D eigenvalue weighted by molar-refractivity contribution is -0.0821. The molecule has 1 saturated heterocycles. The van der Waals surface area contributed by atoms with Gasteiger partial charge in [0.2, 0.25) is 0 Å². The van der Waals surface area contributed by atoms with Crippen molar-refractivity contribution < 1.29 is 9.47 Å². The fraction of sp³-hybridized carbons (Fsp3) is 1.00. The maximum Gasteiger partial charge on any atom is 0.0631 e. The van der Waals surface area contributed by atoms with Crippen molar-refractivity contribution in [1.82, 2.24) is 5.32 Å². The highest BCUT2D eigenvalue weighted by Gasteiger charge is 2.57. The van der Waals surface area contributed by atoms with Crippen molar-refractivity contribution in [2.75, 3.05) is 33.4 Å². The molecule has 16 heavy (non-hydrogen) atoms. The van der Waals surface area contributed by atoms with E-state index in [-0.39, 0.29) is 5.60 Å². The highest BCUT2D eigenvalue weighted by atomic mass is 16.5. The van der Waals surface area contributed by atoms with E-state index >= 15 is 0 Å². The van der Waals surface area contributed by atoms with Crippen molar-refractivity contribution >= 4 is 0 Å². The topological polar surface area (TPSA) is 30.5 Å². The predicted molar refractivity (Wildman–Crippen MR) is 64.6 cm³/mol. The second kappa shape index (κ2) is 4.63. The van der Waals surface area contributed by atoms with Gasteiger partial charge in [-0.3, -0.25) is 0 Å². The van der Waals surface area contributed by atoms with E-state index < -0.39 is 0 Å². The largest absolute Gasteiger partial charge is 0.383 e. The summed E-state index contributed by atoms with van der Waals surface area (Å²) >= 11 is 0. The highest BCUT2D eigenvalue weighted by molar-refractivity contribution is 5.07. The molecule has 2 aliphatic rings. The van der Waals surface area contributed by atoms with Gasteiger partial charge in [0.15, 0.2) is 0 Å². The van der Waals surface area contributed by atoms with Gasteiger partial charge in [-0.2, -0.15) is 0 Å². The molecule has 2 unspecified atom stereocenters. The molecule has 1 aliphatic carbocycles. The van der Waals surface area contributed by atoms with Crippen LogP contribution < -0.4 is 5.32 Å². The first-order valence-corrected chi connectivity index (χ1v) is 6.42. The Bertz CT molecular complexity index is 242. The molecular weight excluding hydrogens is 202 g/mol. The molecule has 0 aromatic rings. The molecule has 2 atom stereocenters. The normalized spacial score (nSPS) is 36.6. The van der Waals surface area contributed by atoms with Crippen molar-refractivity contribution in [2.45, 2.75) is 38.7 Å². The Labute approximate surface area is 98.9 Å². The minimum atomic E-state index is 0.0968. The lowest BCUT2D eigenvalue weighted by atomic mass is 9.84. The Morgan fingerprint density at radius 1 is 1.44 bits per heavy atom. The van der Waals surface area contributed by atoms with E-state index in [2.05, 4.69) is 19.2 Å². The number of hydrogen-bond acceptors (Lipinski definition) is 3. The number of hydrogen-bond donors (Lipinski definition) is 1. The second-order valence-corrected chi connectivity index (χ2v) is 6.00. The molecule has 0 aromatic carbocycles. The van der Waals surface area contributed by atoms with Crippen molar-refractivity contribution in [3.63, 3.8) is 0 Å². The quantitative estimate of drug-likeness (QED) is 0.727. The maximum absolute atomic E-state index is 5.79. The fourth-order valence-corrected chi connectivity index (χ4v) is 3.21. The molecule has 1 N–H and O–H groups in total. The number of nitrogens with one attached hydrogen (secondary N) is 1. The Balaban J connectivity index is 1.72. The molecule has 3 nitrogen and oxygen atoms in total. The fourth-order valence-electron chi connectivity index (χ4n) is 3.21. The third-order valence-electron chi connectivity index (χ3n) is 4.10. The van der Waals surface area contributed by atoms with E-state index in [4.69, 9.17) is 9.47 Å². The summed E-state index contributed by atoms with van der Waals surface area (Å²) in [5, 5.41) is 3.48. The average molecular weight is 227 g/mol. The van der Waals surface area contributed by atoms with Crippen molar-refractivity contribution in [3.05, 3.63) is 0 Å². The molecule has 0 aromatic heterocycles. The Morgan fingerprint density at radius 2 is 2.25 bits per heavy atom. The minimum absolute atomic E-state index is 0.0968. The van der Waals surface area contributed by atoms with Gasteiger partial charge in [0, 0.05) is 20.3 Å². The van der Waals surface area contributed by atoms with Gasteiger partial charge in [-0.15, -0.1) is 0 Å². The van der Waals surface area contributed by atoms with Crippen LogP contribution in [0.5, 0.6) is 0 Å². The lowest BCUT2D eigenvalue weighted by Crippen LogP contribution is -2.36. The van der Waals surface area contributed by atoms with Gasteiger partial charge in [-0.1, -0.05) is 0 Å². The van der Waals surface area contributed by atoms with Crippen molar-refractivity contribution in [1.29, 1.82) is 0 Å². The first-order chi connectivity index (χ1) is 7.58. The molecule has 2 rings (SSSR count). The smallest absolute Gasteiger partial charge is 0.0631 e. The average Bonchev–Trinajstić information content (AvgIpc) is 2.84. The zero-order valence-corrected chi connectivity index (χ0v) is 10.8. The summed E-state index contributed by atoms with van der Waals surface area (Å²) in [7, 11) is 1.75. The van der Waals surface area contributed by atoms with Gasteiger partial charge in [0.05, 0.1) is 12.2 Å². The summed E-state index contributed by atoms with van der Waals surface area (Å²) in [6.45, 7) is 8.33. The zero-order chi connectivity index (χ0) is 11.6. The van der Waals surface area contributed by atoms with Crippen LogP contribution in [0.25, 0.3) is 0 Å². The summed E-state index contributed by atoms with van der Waals surface area (Å²) in [4.78, 5) is 0. The van der Waals surface area contributed by atoms with E-state index in [0.717, 1.165) is 32.2 Å². The summed E-state index contributed by atoms with van der Waals surface area (Å²) in [5.74, 6) is 0.868. The zero-order valence-electron chi connectivity index (χ0n) is 10.8. The molecular formula is C13H25NO2. The summed E-state index contributed by atoms with van der Waals surface area (Å²) < 4.78 is 10.8. The van der Waals surface area contributed by atoms with Gasteiger partial charge < -0.3 is 14.8 Å². The van der Waals surface area contributed by atoms with Gasteiger partial charge >= 0.3 is 0 Å². The monoisotopic (exact) mass is 227 g/mol. The van der Waals surface area contributed by atoms with Crippen LogP contribution in [0.15, 0.2) is 0 Å². The van der Waals surface area contributed by atoms with E-state index in [9.17, 15) is 0 Å². The van der Waals surface area contributed by atoms with Crippen LogP contribution in [-0.2, 0) is 9.47 Å². The third-order valence-corrected chi connectivity index (χ3v) is 4.10. The van der Waals surface area contributed by atoms with Crippen LogP contribution in [-0.4, -0.2) is 39.0 Å². The van der Waals surface area contributed by atoms with Crippen molar-refractivity contribution in [3.8, 4) is 0 Å². The van der Waals surface area contributed by atoms with Crippen LogP contribution in [0, 0.1) is 11.3 Å². The van der Waals surface area contributed by atoms with E-state index in [1.807, 2.05) is 0 Å². The molecule has 1 heterocycles. The Hall–Kier alpha value is -0.120. The number of rotatable bonds is 5. The lowest BCUT2D eigenvalue weighted by Gasteiger charge is -2.36. The predicted octanol–water partition coefficient (Wildman–Crippen LogP) is 1.82. The molecule has 0 bridgehead atoms. The van der Waals surface area contributed by atoms with Gasteiger partial charge in [0.25, 0.3) is 0 Å². The van der Waals surface area contributed by atoms with Crippen LogP contribution in [0.1, 0.15) is 33.1 Å². The molecule has 3 heteroatoms. The van der Waals surface area contributed by atoms with Gasteiger partial charge in [-0.25, -0.2) is 0 Å². The van der Waals surface area contributed by atoms with Crippen LogP contribution in [0.3, 0.4) is 0 Å². The summed E-state index contributed by atoms with van der Waals surface area (Å²) in [6, 6.07) is 0. The number of ether oxygens (including phenoxy) is 2. The number of methoxy groups -OCH3 is 1. The van der Waals surface area contributed by atoms with Crippen molar-refractivity contribution in [2.24, 2.45) is 11.3 Å².